The first-order chi connectivity index (χ1) is 13.6. The summed E-state index contributed by atoms with van der Waals surface area (Å²) in [5, 5.41) is 4.11. The van der Waals surface area contributed by atoms with Crippen LogP contribution < -0.4 is 10.1 Å². The van der Waals surface area contributed by atoms with Gasteiger partial charge in [-0.15, -0.1) is 0 Å². The fourth-order valence-corrected chi connectivity index (χ4v) is 4.04. The van der Waals surface area contributed by atoms with Crippen LogP contribution in [0.25, 0.3) is 11.0 Å². The number of ether oxygens (including phenoxy) is 1. The summed E-state index contributed by atoms with van der Waals surface area (Å²) in [6.07, 6.45) is 2.21. The van der Waals surface area contributed by atoms with Crippen LogP contribution in [0.2, 0.25) is 0 Å². The Labute approximate surface area is 171 Å². The summed E-state index contributed by atoms with van der Waals surface area (Å²) < 4.78 is 5.70. The zero-order valence-corrected chi connectivity index (χ0v) is 17.2. The highest BCUT2D eigenvalue weighted by molar-refractivity contribution is 7.80. The van der Waals surface area contributed by atoms with Gasteiger partial charge in [-0.2, -0.15) is 0 Å². The highest BCUT2D eigenvalue weighted by Crippen LogP contribution is 2.29. The number of imidazole rings is 1. The van der Waals surface area contributed by atoms with Crippen LogP contribution in [-0.4, -0.2) is 39.7 Å². The Bertz CT molecular complexity index is 984. The number of hydrogen-bond donors (Lipinski definition) is 2. The van der Waals surface area contributed by atoms with Crippen molar-refractivity contribution in [3.05, 3.63) is 53.9 Å². The molecule has 146 valence electrons. The maximum absolute atomic E-state index is 5.71. The summed E-state index contributed by atoms with van der Waals surface area (Å²) in [5.74, 6) is 2.24. The Hall–Kier alpha value is -2.60. The molecule has 0 radical (unpaired) electrons. The molecule has 4 rings (SSSR count). The number of hydrogen-bond acceptors (Lipinski definition) is 3. The summed E-state index contributed by atoms with van der Waals surface area (Å²) in [5.41, 5.74) is 4.30. The number of aromatic amines is 1. The SMILES string of the molecule is CCOc1ccccc1NC(=S)N1CCC[C@H](c2nc3ccc(C)cc3[nH]2)C1. The molecule has 5 nitrogen and oxygen atoms in total. The van der Waals surface area contributed by atoms with Crippen LogP contribution in [0.15, 0.2) is 42.5 Å². The van der Waals surface area contributed by atoms with Crippen molar-refractivity contribution in [3.63, 3.8) is 0 Å². The van der Waals surface area contributed by atoms with E-state index in [1.807, 2.05) is 31.2 Å². The Morgan fingerprint density at radius 1 is 1.32 bits per heavy atom. The van der Waals surface area contributed by atoms with E-state index in [-0.39, 0.29) is 0 Å². The minimum absolute atomic E-state index is 0.350. The number of benzene rings is 2. The predicted molar refractivity (Wildman–Crippen MR) is 118 cm³/mol. The van der Waals surface area contributed by atoms with Crippen LogP contribution >= 0.6 is 12.2 Å². The highest BCUT2D eigenvalue weighted by atomic mass is 32.1. The number of aryl methyl sites for hydroxylation is 1. The molecule has 1 saturated heterocycles. The van der Waals surface area contributed by atoms with Gasteiger partial charge in [0.25, 0.3) is 0 Å². The monoisotopic (exact) mass is 394 g/mol. The molecule has 0 saturated carbocycles. The minimum Gasteiger partial charge on any atom is -0.492 e. The summed E-state index contributed by atoms with van der Waals surface area (Å²) in [6.45, 7) is 6.54. The van der Waals surface area contributed by atoms with Crippen molar-refractivity contribution in [3.8, 4) is 5.75 Å². The lowest BCUT2D eigenvalue weighted by Crippen LogP contribution is -2.41. The van der Waals surface area contributed by atoms with Crippen molar-refractivity contribution in [2.45, 2.75) is 32.6 Å². The molecule has 0 bridgehead atoms. The van der Waals surface area contributed by atoms with Gasteiger partial charge in [0.1, 0.15) is 11.6 Å². The topological polar surface area (TPSA) is 53.2 Å². The molecular weight excluding hydrogens is 368 g/mol. The zero-order chi connectivity index (χ0) is 19.5. The smallest absolute Gasteiger partial charge is 0.173 e. The second-order valence-corrected chi connectivity index (χ2v) is 7.67. The standard InChI is InChI=1S/C22H26N4OS/c1-3-27-20-9-5-4-8-18(20)25-22(28)26-12-6-7-16(14-26)21-23-17-11-10-15(2)13-19(17)24-21/h4-5,8-11,13,16H,3,6-7,12,14H2,1-2H3,(H,23,24)(H,25,28)/t16-/m0/s1. The molecule has 0 aliphatic carbocycles. The Morgan fingerprint density at radius 2 is 2.18 bits per heavy atom. The summed E-state index contributed by atoms with van der Waals surface area (Å²) in [7, 11) is 0. The van der Waals surface area contributed by atoms with Crippen LogP contribution in [0.4, 0.5) is 5.69 Å². The average molecular weight is 395 g/mol. The maximum atomic E-state index is 5.71. The molecule has 1 atom stereocenters. The molecule has 1 aliphatic rings. The molecule has 1 aliphatic heterocycles. The van der Waals surface area contributed by atoms with Crippen molar-refractivity contribution in [1.29, 1.82) is 0 Å². The molecule has 0 amide bonds. The van der Waals surface area contributed by atoms with Crippen LogP contribution in [-0.2, 0) is 0 Å². The van der Waals surface area contributed by atoms with Gasteiger partial charge in [-0.3, -0.25) is 0 Å². The number of piperidine rings is 1. The van der Waals surface area contributed by atoms with Gasteiger partial charge < -0.3 is 19.9 Å². The third kappa shape index (κ3) is 3.97. The first-order valence-electron chi connectivity index (χ1n) is 9.88. The highest BCUT2D eigenvalue weighted by Gasteiger charge is 2.25. The van der Waals surface area contributed by atoms with Crippen LogP contribution in [0.3, 0.4) is 0 Å². The lowest BCUT2D eigenvalue weighted by molar-refractivity contribution is 0.306. The van der Waals surface area contributed by atoms with Crippen LogP contribution in [0.5, 0.6) is 5.75 Å². The van der Waals surface area contributed by atoms with Gasteiger partial charge >= 0.3 is 0 Å². The van der Waals surface area contributed by atoms with E-state index in [0.717, 1.165) is 59.3 Å². The molecule has 0 spiro atoms. The first kappa shape index (κ1) is 18.7. The largest absolute Gasteiger partial charge is 0.492 e. The van der Waals surface area contributed by atoms with Gasteiger partial charge in [0.05, 0.1) is 23.3 Å². The minimum atomic E-state index is 0.350. The Morgan fingerprint density at radius 3 is 3.04 bits per heavy atom. The van der Waals surface area contributed by atoms with Crippen molar-refractivity contribution in [2.75, 3.05) is 25.0 Å². The quantitative estimate of drug-likeness (QED) is 0.620. The normalized spacial score (nSPS) is 16.9. The molecule has 28 heavy (non-hydrogen) atoms. The van der Waals surface area contributed by atoms with Crippen molar-refractivity contribution >= 4 is 34.1 Å². The van der Waals surface area contributed by atoms with Crippen molar-refractivity contribution in [2.24, 2.45) is 0 Å². The first-order valence-corrected chi connectivity index (χ1v) is 10.3. The number of nitrogens with one attached hydrogen (secondary N) is 2. The third-order valence-corrected chi connectivity index (χ3v) is 5.54. The molecule has 3 aromatic rings. The number of likely N-dealkylation sites (tertiary alicyclic amines) is 1. The van der Waals surface area contributed by atoms with Gasteiger partial charge in [-0.1, -0.05) is 18.2 Å². The van der Waals surface area contributed by atoms with Crippen molar-refractivity contribution < 1.29 is 4.74 Å². The van der Waals surface area contributed by atoms with Gasteiger partial charge in [-0.25, -0.2) is 4.98 Å². The number of nitrogens with zero attached hydrogens (tertiary/aromatic N) is 2. The molecule has 1 aromatic heterocycles. The van der Waals surface area contributed by atoms with E-state index in [1.54, 1.807) is 0 Å². The number of thiocarbonyl (C=S) groups is 1. The lowest BCUT2D eigenvalue weighted by atomic mass is 9.98. The van der Waals surface area contributed by atoms with Crippen LogP contribution in [0, 0.1) is 6.92 Å². The number of H-pyrrole nitrogens is 1. The summed E-state index contributed by atoms with van der Waals surface area (Å²) in [4.78, 5) is 10.6. The Balaban J connectivity index is 1.48. The molecule has 2 aromatic carbocycles. The van der Waals surface area contributed by atoms with E-state index >= 15 is 0 Å². The predicted octanol–water partition coefficient (Wildman–Crippen LogP) is 4.85. The number of para-hydroxylation sites is 2. The lowest BCUT2D eigenvalue weighted by Gasteiger charge is -2.34. The van der Waals surface area contributed by atoms with Crippen LogP contribution in [0.1, 0.15) is 37.1 Å². The van der Waals surface area contributed by atoms with E-state index in [9.17, 15) is 0 Å². The molecular formula is C22H26N4OS. The van der Waals surface area contributed by atoms with Gasteiger partial charge in [-0.05, 0) is 68.7 Å². The second kappa shape index (κ2) is 8.19. The zero-order valence-electron chi connectivity index (χ0n) is 16.4. The summed E-state index contributed by atoms with van der Waals surface area (Å²) >= 11 is 5.71. The molecule has 2 N–H and O–H groups in total. The van der Waals surface area contributed by atoms with E-state index < -0.39 is 0 Å². The average Bonchev–Trinajstić information content (AvgIpc) is 3.13. The molecule has 2 heterocycles. The third-order valence-electron chi connectivity index (χ3n) is 5.18. The van der Waals surface area contributed by atoms with E-state index in [4.69, 9.17) is 21.9 Å². The Kier molecular flexibility index (Phi) is 5.48. The van der Waals surface area contributed by atoms with E-state index in [2.05, 4.69) is 40.3 Å². The van der Waals surface area contributed by atoms with Gasteiger partial charge in [0, 0.05) is 19.0 Å². The second-order valence-electron chi connectivity index (χ2n) is 7.29. The maximum Gasteiger partial charge on any atom is 0.173 e. The molecule has 1 fully saturated rings. The summed E-state index contributed by atoms with van der Waals surface area (Å²) in [6, 6.07) is 14.3. The number of anilines is 1. The fourth-order valence-electron chi connectivity index (χ4n) is 3.77. The number of aromatic nitrogens is 2. The number of rotatable bonds is 4. The molecule has 6 heteroatoms. The fraction of sp³-hybridized carbons (Fsp3) is 0.364. The van der Waals surface area contributed by atoms with E-state index in [1.165, 1.54) is 5.56 Å². The van der Waals surface area contributed by atoms with E-state index in [0.29, 0.717) is 12.5 Å². The number of fused-ring (bicyclic) bond motifs is 1. The van der Waals surface area contributed by atoms with Gasteiger partial charge in [0.2, 0.25) is 0 Å². The molecule has 0 unspecified atom stereocenters. The van der Waals surface area contributed by atoms with Gasteiger partial charge in [0.15, 0.2) is 5.11 Å². The van der Waals surface area contributed by atoms with Crippen molar-refractivity contribution in [1.82, 2.24) is 14.9 Å².